The van der Waals surface area contributed by atoms with Crippen molar-refractivity contribution in [2.75, 3.05) is 45.9 Å². The van der Waals surface area contributed by atoms with E-state index >= 15 is 0 Å². The molecule has 7 nitrogen and oxygen atoms in total. The monoisotopic (exact) mass is 334 g/mol. The predicted molar refractivity (Wildman–Crippen MR) is 88.9 cm³/mol. The average molecular weight is 334 g/mol. The second-order valence-electron chi connectivity index (χ2n) is 7.07. The van der Waals surface area contributed by atoms with Gasteiger partial charge >= 0.3 is 0 Å². The van der Waals surface area contributed by atoms with Crippen LogP contribution in [0, 0.1) is 0 Å². The van der Waals surface area contributed by atoms with E-state index < -0.39 is 5.60 Å². The summed E-state index contributed by atoms with van der Waals surface area (Å²) in [5, 5.41) is 10.8. The molecule has 2 aliphatic heterocycles. The van der Waals surface area contributed by atoms with E-state index in [1.165, 1.54) is 0 Å². The van der Waals surface area contributed by atoms with Gasteiger partial charge in [-0.1, -0.05) is 13.8 Å². The quantitative estimate of drug-likeness (QED) is 0.864. The highest BCUT2D eigenvalue weighted by Crippen LogP contribution is 2.24. The van der Waals surface area contributed by atoms with Crippen molar-refractivity contribution < 1.29 is 14.6 Å². The fraction of sp³-hybridized carbons (Fsp3) is 0.706. The molecule has 3 rings (SSSR count). The van der Waals surface area contributed by atoms with Gasteiger partial charge in [0.15, 0.2) is 0 Å². The second kappa shape index (κ2) is 7.13. The van der Waals surface area contributed by atoms with E-state index in [1.807, 2.05) is 13.8 Å². The van der Waals surface area contributed by atoms with Crippen LogP contribution < -0.4 is 0 Å². The molecular weight excluding hydrogens is 308 g/mol. The van der Waals surface area contributed by atoms with Crippen LogP contribution in [0.15, 0.2) is 12.4 Å². The third kappa shape index (κ3) is 3.91. The Kier molecular flexibility index (Phi) is 5.12. The first-order valence-electron chi connectivity index (χ1n) is 8.60. The van der Waals surface area contributed by atoms with Gasteiger partial charge in [-0.25, -0.2) is 9.97 Å². The Labute approximate surface area is 142 Å². The molecule has 0 aromatic carbocycles. The Hall–Kier alpha value is -1.57. The van der Waals surface area contributed by atoms with E-state index in [0.717, 1.165) is 18.9 Å². The lowest BCUT2D eigenvalue weighted by Crippen LogP contribution is -2.49. The Balaban J connectivity index is 1.60. The van der Waals surface area contributed by atoms with Crippen molar-refractivity contribution in [2.24, 2.45) is 0 Å². The van der Waals surface area contributed by atoms with Gasteiger partial charge in [-0.15, -0.1) is 0 Å². The van der Waals surface area contributed by atoms with Crippen molar-refractivity contribution >= 4 is 5.91 Å². The summed E-state index contributed by atoms with van der Waals surface area (Å²) in [6, 6.07) is 0. The fourth-order valence-electron chi connectivity index (χ4n) is 3.26. The minimum atomic E-state index is -0.842. The van der Waals surface area contributed by atoms with Crippen molar-refractivity contribution in [2.45, 2.75) is 31.8 Å². The maximum Gasteiger partial charge on any atom is 0.257 e. The Morgan fingerprint density at radius 2 is 1.96 bits per heavy atom. The molecule has 0 radical (unpaired) electrons. The molecule has 2 fully saturated rings. The summed E-state index contributed by atoms with van der Waals surface area (Å²) in [6.07, 6.45) is 3.77. The standard InChI is InChI=1S/C17H26N4O3/c1-13(2)15-18-9-14(10-19-15)16(22)21-4-3-17(23,12-21)11-20-5-7-24-8-6-20/h9-10,13,23H,3-8,11-12H2,1-2H3/t17-/m0/s1. The van der Waals surface area contributed by atoms with Gasteiger partial charge in [-0.05, 0) is 6.42 Å². The number of amides is 1. The molecule has 3 heterocycles. The van der Waals surface area contributed by atoms with E-state index in [-0.39, 0.29) is 11.8 Å². The number of carbonyl (C=O) groups is 1. The third-order valence-corrected chi connectivity index (χ3v) is 4.68. The molecular formula is C17H26N4O3. The van der Waals surface area contributed by atoms with Crippen molar-refractivity contribution in [3.63, 3.8) is 0 Å². The number of ether oxygens (including phenoxy) is 1. The molecule has 2 aliphatic rings. The van der Waals surface area contributed by atoms with Crippen LogP contribution in [0.1, 0.15) is 42.4 Å². The average Bonchev–Trinajstić information content (AvgIpc) is 2.97. The molecule has 1 amide bonds. The molecule has 1 aromatic rings. The van der Waals surface area contributed by atoms with Gasteiger partial charge in [-0.3, -0.25) is 9.69 Å². The normalized spacial score (nSPS) is 25.4. The SMILES string of the molecule is CC(C)c1ncc(C(=O)N2CC[C@](O)(CN3CCOCC3)C2)cn1. The summed E-state index contributed by atoms with van der Waals surface area (Å²) in [5.41, 5.74) is -0.360. The molecule has 0 aliphatic carbocycles. The first-order chi connectivity index (χ1) is 11.5. The third-order valence-electron chi connectivity index (χ3n) is 4.68. The molecule has 1 N–H and O–H groups in total. The molecule has 0 bridgehead atoms. The van der Waals surface area contributed by atoms with Gasteiger partial charge < -0.3 is 14.7 Å². The van der Waals surface area contributed by atoms with E-state index in [0.29, 0.717) is 44.8 Å². The molecule has 7 heteroatoms. The molecule has 2 saturated heterocycles. The molecule has 1 atom stereocenters. The summed E-state index contributed by atoms with van der Waals surface area (Å²) < 4.78 is 5.34. The van der Waals surface area contributed by atoms with Gasteiger partial charge in [0, 0.05) is 44.5 Å². The summed E-state index contributed by atoms with van der Waals surface area (Å²) in [6.45, 7) is 8.62. The lowest BCUT2D eigenvalue weighted by Gasteiger charge is -2.33. The second-order valence-corrected chi connectivity index (χ2v) is 7.07. The number of carbonyl (C=O) groups excluding carboxylic acids is 1. The summed E-state index contributed by atoms with van der Waals surface area (Å²) in [7, 11) is 0. The van der Waals surface area contributed by atoms with Gasteiger partial charge in [-0.2, -0.15) is 0 Å². The van der Waals surface area contributed by atoms with Gasteiger partial charge in [0.1, 0.15) is 5.82 Å². The lowest BCUT2D eigenvalue weighted by molar-refractivity contribution is -0.0257. The zero-order valence-corrected chi connectivity index (χ0v) is 14.4. The first kappa shape index (κ1) is 17.3. The molecule has 24 heavy (non-hydrogen) atoms. The van der Waals surface area contributed by atoms with Gasteiger partial charge in [0.2, 0.25) is 0 Å². The van der Waals surface area contributed by atoms with Crippen molar-refractivity contribution in [3.05, 3.63) is 23.8 Å². The summed E-state index contributed by atoms with van der Waals surface area (Å²) in [4.78, 5) is 25.0. The highest BCUT2D eigenvalue weighted by molar-refractivity contribution is 5.93. The fourth-order valence-corrected chi connectivity index (χ4v) is 3.26. The minimum absolute atomic E-state index is 0.108. The number of morpholine rings is 1. The lowest BCUT2D eigenvalue weighted by atomic mass is 10.0. The number of nitrogens with zero attached hydrogens (tertiary/aromatic N) is 4. The molecule has 0 spiro atoms. The molecule has 132 valence electrons. The summed E-state index contributed by atoms with van der Waals surface area (Å²) >= 11 is 0. The van der Waals surface area contributed by atoms with Crippen molar-refractivity contribution in [3.8, 4) is 0 Å². The zero-order chi connectivity index (χ0) is 17.2. The number of hydrogen-bond donors (Lipinski definition) is 1. The van der Waals surface area contributed by atoms with Gasteiger partial charge in [0.25, 0.3) is 5.91 Å². The van der Waals surface area contributed by atoms with Crippen LogP contribution >= 0.6 is 0 Å². The van der Waals surface area contributed by atoms with Crippen LogP contribution in [-0.2, 0) is 4.74 Å². The number of likely N-dealkylation sites (tertiary alicyclic amines) is 1. The van der Waals surface area contributed by atoms with Crippen LogP contribution in [-0.4, -0.2) is 82.3 Å². The minimum Gasteiger partial charge on any atom is -0.387 e. The zero-order valence-electron chi connectivity index (χ0n) is 14.4. The topological polar surface area (TPSA) is 78.8 Å². The maximum absolute atomic E-state index is 12.6. The Morgan fingerprint density at radius 3 is 2.58 bits per heavy atom. The van der Waals surface area contributed by atoms with E-state index in [9.17, 15) is 9.90 Å². The van der Waals surface area contributed by atoms with Crippen molar-refractivity contribution in [1.82, 2.24) is 19.8 Å². The van der Waals surface area contributed by atoms with Crippen LogP contribution in [0.25, 0.3) is 0 Å². The van der Waals surface area contributed by atoms with Crippen LogP contribution in [0.4, 0.5) is 0 Å². The van der Waals surface area contributed by atoms with E-state index in [1.54, 1.807) is 17.3 Å². The van der Waals surface area contributed by atoms with E-state index in [4.69, 9.17) is 4.74 Å². The van der Waals surface area contributed by atoms with Crippen LogP contribution in [0.2, 0.25) is 0 Å². The smallest absolute Gasteiger partial charge is 0.257 e. The van der Waals surface area contributed by atoms with Gasteiger partial charge in [0.05, 0.1) is 30.9 Å². The Bertz CT molecular complexity index is 572. The highest BCUT2D eigenvalue weighted by atomic mass is 16.5. The first-order valence-corrected chi connectivity index (χ1v) is 8.60. The number of aromatic nitrogens is 2. The van der Waals surface area contributed by atoms with Crippen LogP contribution in [0.5, 0.6) is 0 Å². The number of rotatable bonds is 4. The van der Waals surface area contributed by atoms with Crippen LogP contribution in [0.3, 0.4) is 0 Å². The molecule has 0 saturated carbocycles. The largest absolute Gasteiger partial charge is 0.387 e. The maximum atomic E-state index is 12.6. The highest BCUT2D eigenvalue weighted by Gasteiger charge is 2.40. The predicted octanol–water partition coefficient (Wildman–Crippen LogP) is 0.509. The number of aliphatic hydroxyl groups is 1. The summed E-state index contributed by atoms with van der Waals surface area (Å²) in [5.74, 6) is 0.861. The molecule has 1 aromatic heterocycles. The molecule has 0 unspecified atom stereocenters. The van der Waals surface area contributed by atoms with Crippen molar-refractivity contribution in [1.29, 1.82) is 0 Å². The Morgan fingerprint density at radius 1 is 1.29 bits per heavy atom. The number of hydrogen-bond acceptors (Lipinski definition) is 6. The number of β-amino-alcohol motifs (C(OH)–C–C–N with tert-alkyl or cyclic N) is 1. The van der Waals surface area contributed by atoms with E-state index in [2.05, 4.69) is 14.9 Å².